The van der Waals surface area contributed by atoms with Gasteiger partial charge in [-0.2, -0.15) is 13.2 Å². The predicted octanol–water partition coefficient (Wildman–Crippen LogP) is 0.429. The number of halogens is 4. The minimum absolute atomic E-state index is 0. The number of nitrogens with zero attached hydrogens (tertiary/aromatic N) is 1. The Morgan fingerprint density at radius 2 is 1.78 bits per heavy atom. The zero-order valence-electron chi connectivity index (χ0n) is 15.5. The minimum Gasteiger partial charge on any atom is -1.00 e. The summed E-state index contributed by atoms with van der Waals surface area (Å²) < 4.78 is 38.6. The fourth-order valence-corrected chi connectivity index (χ4v) is 4.19. The maximum Gasteiger partial charge on any atom is 0.416 e. The van der Waals surface area contributed by atoms with E-state index in [1.165, 1.54) is 44.2 Å². The Morgan fingerprint density at radius 1 is 1.11 bits per heavy atom. The Hall–Kier alpha value is -1.27. The van der Waals surface area contributed by atoms with Gasteiger partial charge in [0, 0.05) is 12.5 Å². The van der Waals surface area contributed by atoms with E-state index in [2.05, 4.69) is 0 Å². The molecule has 1 aromatic carbocycles. The third kappa shape index (κ3) is 6.11. The van der Waals surface area contributed by atoms with Crippen LogP contribution in [0.3, 0.4) is 0 Å². The molecule has 1 N–H and O–H groups in total. The maximum absolute atomic E-state index is 12.9. The number of amides is 1. The average Bonchev–Trinajstić information content (AvgIpc) is 2.66. The quantitative estimate of drug-likeness (QED) is 0.773. The fraction of sp³-hybridized carbons (Fsp3) is 0.650. The van der Waals surface area contributed by atoms with Crippen LogP contribution in [-0.2, 0) is 11.0 Å². The van der Waals surface area contributed by atoms with Gasteiger partial charge in [-0.25, -0.2) is 0 Å². The van der Waals surface area contributed by atoms with Gasteiger partial charge < -0.3 is 17.3 Å². The Balaban J connectivity index is 0.00000261. The maximum atomic E-state index is 12.9. The first-order chi connectivity index (χ1) is 12.4. The molecule has 0 atom stereocenters. The first-order valence-corrected chi connectivity index (χ1v) is 9.73. The van der Waals surface area contributed by atoms with E-state index >= 15 is 0 Å². The van der Waals surface area contributed by atoms with Gasteiger partial charge in [-0.15, -0.1) is 0 Å². The smallest absolute Gasteiger partial charge is 0.416 e. The third-order valence-electron chi connectivity index (χ3n) is 5.81. The van der Waals surface area contributed by atoms with Gasteiger partial charge in [0.25, 0.3) is 0 Å². The summed E-state index contributed by atoms with van der Waals surface area (Å²) in [5.41, 5.74) is 0.0580. The van der Waals surface area contributed by atoms with Gasteiger partial charge in [0.2, 0.25) is 5.91 Å². The van der Waals surface area contributed by atoms with Gasteiger partial charge in [-0.1, -0.05) is 38.2 Å². The highest BCUT2D eigenvalue weighted by atomic mass is 35.5. The van der Waals surface area contributed by atoms with Crippen molar-refractivity contribution in [1.82, 2.24) is 4.90 Å². The Morgan fingerprint density at radius 3 is 2.41 bits per heavy atom. The Bertz CT molecular complexity index is 609. The van der Waals surface area contributed by atoms with Crippen LogP contribution in [0.1, 0.15) is 50.5 Å². The number of carbonyl (C=O) groups is 1. The van der Waals surface area contributed by atoms with Crippen molar-refractivity contribution in [2.24, 2.45) is 5.92 Å². The van der Waals surface area contributed by atoms with Crippen molar-refractivity contribution in [1.29, 1.82) is 0 Å². The third-order valence-corrected chi connectivity index (χ3v) is 5.81. The van der Waals surface area contributed by atoms with Crippen molar-refractivity contribution in [2.45, 2.75) is 51.1 Å². The van der Waals surface area contributed by atoms with Crippen molar-refractivity contribution in [3.05, 3.63) is 29.8 Å². The van der Waals surface area contributed by atoms with Crippen LogP contribution in [0.15, 0.2) is 24.3 Å². The zero-order chi connectivity index (χ0) is 18.6. The van der Waals surface area contributed by atoms with Gasteiger partial charge in [0.1, 0.15) is 5.69 Å². The van der Waals surface area contributed by atoms with E-state index in [-0.39, 0.29) is 18.3 Å². The lowest BCUT2D eigenvalue weighted by atomic mass is 9.86. The second-order valence-electron chi connectivity index (χ2n) is 7.61. The molecule has 0 aromatic heterocycles. The van der Waals surface area contributed by atoms with E-state index < -0.39 is 11.7 Å². The standard InChI is InChI=1S/C20H27F3N2O.ClH/c21-20(22,23)17-7-4-8-18(15-17)24-11-13-25(14-12-24)19(26)10-9-16-5-2-1-3-6-16;/h4,7-8,15-16H,1-3,5-6,9-14H2;1H. The summed E-state index contributed by atoms with van der Waals surface area (Å²) in [6.45, 7) is 2.57. The number of hydrogen-bond donors (Lipinski definition) is 1. The second kappa shape index (κ2) is 9.78. The van der Waals surface area contributed by atoms with Gasteiger partial charge >= 0.3 is 6.18 Å². The summed E-state index contributed by atoms with van der Waals surface area (Å²) in [4.78, 5) is 15.3. The van der Waals surface area contributed by atoms with Crippen molar-refractivity contribution >= 4 is 11.6 Å². The van der Waals surface area contributed by atoms with Gasteiger partial charge in [-0.3, -0.25) is 9.69 Å². The number of rotatable bonds is 4. The molecule has 152 valence electrons. The Labute approximate surface area is 165 Å². The van der Waals surface area contributed by atoms with E-state index in [9.17, 15) is 18.0 Å². The summed E-state index contributed by atoms with van der Waals surface area (Å²) in [6, 6.07) is 5.54. The first kappa shape index (κ1) is 22.0. The van der Waals surface area contributed by atoms with Crippen LogP contribution in [0, 0.1) is 5.92 Å². The molecule has 1 aliphatic carbocycles. The number of benzene rings is 1. The number of alkyl halides is 3. The largest absolute Gasteiger partial charge is 1.00 e. The molecule has 1 heterocycles. The summed E-state index contributed by atoms with van der Waals surface area (Å²) in [6.07, 6.45) is 3.69. The van der Waals surface area contributed by atoms with E-state index in [1.807, 2.05) is 4.90 Å². The van der Waals surface area contributed by atoms with Crippen molar-refractivity contribution in [3.63, 3.8) is 0 Å². The van der Waals surface area contributed by atoms with Crippen molar-refractivity contribution in [2.75, 3.05) is 26.2 Å². The number of carbonyl (C=O) groups excluding carboxylic acids is 1. The summed E-state index contributed by atoms with van der Waals surface area (Å²) in [5.74, 6) is 0.906. The molecule has 0 unspecified atom stereocenters. The van der Waals surface area contributed by atoms with E-state index in [0.29, 0.717) is 44.2 Å². The summed E-state index contributed by atoms with van der Waals surface area (Å²) in [7, 11) is 0. The molecule has 1 amide bonds. The number of nitrogens with one attached hydrogen (secondary N) is 1. The molecule has 1 aliphatic heterocycles. The van der Waals surface area contributed by atoms with Crippen LogP contribution in [-0.4, -0.2) is 37.0 Å². The van der Waals surface area contributed by atoms with Gasteiger partial charge in [0.05, 0.1) is 31.7 Å². The Kier molecular flexibility index (Phi) is 7.98. The minimum atomic E-state index is -4.31. The molecular weight excluding hydrogens is 377 g/mol. The topological polar surface area (TPSA) is 24.8 Å². The lowest BCUT2D eigenvalue weighted by molar-refractivity contribution is -0.837. The molecule has 1 aromatic rings. The molecule has 0 bridgehead atoms. The molecule has 7 heteroatoms. The molecular formula is C20H28ClF3N2O. The average molecular weight is 405 g/mol. The normalized spacial score (nSPS) is 19.6. The fourth-order valence-electron chi connectivity index (χ4n) is 4.19. The number of hydrogen-bond acceptors (Lipinski definition) is 1. The highest BCUT2D eigenvalue weighted by Crippen LogP contribution is 2.30. The molecule has 2 fully saturated rings. The van der Waals surface area contributed by atoms with Crippen LogP contribution >= 0.6 is 0 Å². The molecule has 1 saturated heterocycles. The zero-order valence-corrected chi connectivity index (χ0v) is 16.3. The lowest BCUT2D eigenvalue weighted by Gasteiger charge is -2.32. The van der Waals surface area contributed by atoms with E-state index in [1.54, 1.807) is 6.07 Å². The molecule has 3 nitrogen and oxygen atoms in total. The predicted molar refractivity (Wildman–Crippen MR) is 94.2 cm³/mol. The highest BCUT2D eigenvalue weighted by molar-refractivity contribution is 5.76. The van der Waals surface area contributed by atoms with Crippen LogP contribution < -0.4 is 17.3 Å². The summed E-state index contributed by atoms with van der Waals surface area (Å²) in [5, 5.41) is 0. The molecule has 0 spiro atoms. The number of quaternary nitrogens is 1. The van der Waals surface area contributed by atoms with Crippen LogP contribution in [0.2, 0.25) is 0 Å². The highest BCUT2D eigenvalue weighted by Gasteiger charge is 2.32. The lowest BCUT2D eigenvalue weighted by Crippen LogP contribution is -3.10. The SMILES string of the molecule is O=C(CCC1CCCCC1)N1CC[NH+](c2cccc(C(F)(F)F)c2)CC1.[Cl-]. The molecule has 1 saturated carbocycles. The molecule has 27 heavy (non-hydrogen) atoms. The van der Waals surface area contributed by atoms with Crippen LogP contribution in [0.25, 0.3) is 0 Å². The van der Waals surface area contributed by atoms with E-state index in [0.717, 1.165) is 17.4 Å². The van der Waals surface area contributed by atoms with Crippen molar-refractivity contribution < 1.29 is 35.3 Å². The summed E-state index contributed by atoms with van der Waals surface area (Å²) >= 11 is 0. The van der Waals surface area contributed by atoms with Crippen LogP contribution in [0.5, 0.6) is 0 Å². The second-order valence-corrected chi connectivity index (χ2v) is 7.61. The number of piperazine rings is 1. The molecule has 3 rings (SSSR count). The molecule has 2 aliphatic rings. The monoisotopic (exact) mass is 404 g/mol. The first-order valence-electron chi connectivity index (χ1n) is 9.73. The molecule has 0 radical (unpaired) electrons. The van der Waals surface area contributed by atoms with Gasteiger partial charge in [-0.05, 0) is 24.5 Å². The van der Waals surface area contributed by atoms with E-state index in [4.69, 9.17) is 0 Å². The van der Waals surface area contributed by atoms with Crippen molar-refractivity contribution in [3.8, 4) is 0 Å². The van der Waals surface area contributed by atoms with Gasteiger partial charge in [0.15, 0.2) is 0 Å². The van der Waals surface area contributed by atoms with Crippen LogP contribution in [0.4, 0.5) is 18.9 Å².